The average molecular weight is 462 g/mol. The van der Waals surface area contributed by atoms with E-state index in [1.54, 1.807) is 67.6 Å². The molecule has 3 aliphatic rings. The molecule has 33 heavy (non-hydrogen) atoms. The number of amides is 1. The number of carbonyl (C=O) groups excluding carboxylic acids is 2. The predicted molar refractivity (Wildman–Crippen MR) is 121 cm³/mol. The Labute approximate surface area is 195 Å². The number of esters is 1. The van der Waals surface area contributed by atoms with Crippen LogP contribution in [-0.2, 0) is 15.3 Å². The van der Waals surface area contributed by atoms with Gasteiger partial charge in [-0.2, -0.15) is 0 Å². The number of anilines is 1. The molecule has 6 nitrogen and oxygen atoms in total. The van der Waals surface area contributed by atoms with E-state index in [-0.39, 0.29) is 0 Å². The molecule has 0 bridgehead atoms. The maximum atomic E-state index is 14.2. The van der Waals surface area contributed by atoms with E-state index in [0.717, 1.165) is 5.56 Å². The third kappa shape index (κ3) is 2.09. The Hall–Kier alpha value is -3.35. The lowest BCUT2D eigenvalue weighted by molar-refractivity contribution is -0.147. The molecule has 2 aliphatic heterocycles. The van der Waals surface area contributed by atoms with Gasteiger partial charge in [0.15, 0.2) is 11.1 Å². The smallest absolute Gasteiger partial charge is 0.328 e. The van der Waals surface area contributed by atoms with Crippen LogP contribution in [0, 0.1) is 10.8 Å². The van der Waals surface area contributed by atoms with Crippen LogP contribution in [0.4, 0.5) is 5.69 Å². The summed E-state index contributed by atoms with van der Waals surface area (Å²) in [6.07, 6.45) is 0. The molecular weight excluding hydrogens is 442 g/mol. The van der Waals surface area contributed by atoms with Gasteiger partial charge in [-0.05, 0) is 30.3 Å². The molecule has 3 aromatic carbocycles. The lowest BCUT2D eigenvalue weighted by Crippen LogP contribution is -2.52. The molecule has 6 rings (SSSR count). The van der Waals surface area contributed by atoms with E-state index in [4.69, 9.17) is 21.1 Å². The zero-order valence-electron chi connectivity index (χ0n) is 17.9. The molecule has 2 heterocycles. The zero-order chi connectivity index (χ0) is 23.2. The number of benzene rings is 3. The molecule has 2 fully saturated rings. The Morgan fingerprint density at radius 3 is 2.39 bits per heavy atom. The van der Waals surface area contributed by atoms with E-state index in [1.165, 1.54) is 12.0 Å². The first-order chi connectivity index (χ1) is 15.8. The van der Waals surface area contributed by atoms with E-state index in [0.29, 0.717) is 27.8 Å². The number of hydrogen-bond acceptors (Lipinski definition) is 5. The van der Waals surface area contributed by atoms with Crippen molar-refractivity contribution < 1.29 is 24.2 Å². The summed E-state index contributed by atoms with van der Waals surface area (Å²) < 4.78 is 11.2. The maximum Gasteiger partial charge on any atom is 0.328 e. The van der Waals surface area contributed by atoms with Crippen LogP contribution in [0.1, 0.15) is 24.0 Å². The first kappa shape index (κ1) is 20.3. The molecule has 4 atom stereocenters. The van der Waals surface area contributed by atoms with E-state index in [9.17, 15) is 14.7 Å². The summed E-state index contributed by atoms with van der Waals surface area (Å²) in [7, 11) is 1.50. The van der Waals surface area contributed by atoms with Crippen molar-refractivity contribution in [2.45, 2.75) is 18.6 Å². The second-order valence-corrected chi connectivity index (χ2v) is 9.30. The van der Waals surface area contributed by atoms with Gasteiger partial charge in [0.2, 0.25) is 5.91 Å². The number of rotatable bonds is 3. The van der Waals surface area contributed by atoms with Crippen molar-refractivity contribution in [1.82, 2.24) is 0 Å². The van der Waals surface area contributed by atoms with Gasteiger partial charge in [0.1, 0.15) is 11.5 Å². The largest absolute Gasteiger partial charge is 0.495 e. The Morgan fingerprint density at radius 1 is 1.00 bits per heavy atom. The fourth-order valence-electron chi connectivity index (χ4n) is 6.16. The van der Waals surface area contributed by atoms with Crippen molar-refractivity contribution in [3.63, 3.8) is 0 Å². The number of methoxy groups -OCH3 is 1. The summed E-state index contributed by atoms with van der Waals surface area (Å²) >= 11 is 6.13. The molecule has 4 unspecified atom stereocenters. The second-order valence-electron chi connectivity index (χ2n) is 8.86. The summed E-state index contributed by atoms with van der Waals surface area (Å²) in [4.78, 5) is 29.0. The van der Waals surface area contributed by atoms with Gasteiger partial charge in [-0.25, -0.2) is 0 Å². The molecule has 1 spiro atoms. The molecule has 1 saturated heterocycles. The van der Waals surface area contributed by atoms with Crippen molar-refractivity contribution in [1.29, 1.82) is 0 Å². The minimum Gasteiger partial charge on any atom is -0.495 e. The fraction of sp³-hybridized carbons (Fsp3) is 0.231. The molecule has 1 saturated carbocycles. The van der Waals surface area contributed by atoms with Gasteiger partial charge in [0.25, 0.3) is 0 Å². The topological polar surface area (TPSA) is 76.1 Å². The maximum absolute atomic E-state index is 14.2. The molecule has 0 radical (unpaired) electrons. The van der Waals surface area contributed by atoms with Gasteiger partial charge in [0.05, 0.1) is 18.2 Å². The van der Waals surface area contributed by atoms with E-state index >= 15 is 0 Å². The summed E-state index contributed by atoms with van der Waals surface area (Å²) in [6, 6.07) is 20.8. The number of para-hydroxylation sites is 3. The van der Waals surface area contributed by atoms with Crippen molar-refractivity contribution in [3.05, 3.63) is 88.9 Å². The van der Waals surface area contributed by atoms with Crippen molar-refractivity contribution in [2.75, 3.05) is 12.0 Å². The first-order valence-corrected chi connectivity index (χ1v) is 11.0. The highest BCUT2D eigenvalue weighted by molar-refractivity contribution is 6.30. The highest BCUT2D eigenvalue weighted by Gasteiger charge is 2.97. The van der Waals surface area contributed by atoms with Crippen LogP contribution >= 0.6 is 11.6 Å². The van der Waals surface area contributed by atoms with Crippen LogP contribution in [0.15, 0.2) is 72.8 Å². The fourth-order valence-corrected chi connectivity index (χ4v) is 6.29. The summed E-state index contributed by atoms with van der Waals surface area (Å²) in [5, 5.41) is 13.1. The van der Waals surface area contributed by atoms with E-state index < -0.39 is 34.3 Å². The Bertz CT molecular complexity index is 1340. The number of carbonyl (C=O) groups is 2. The molecule has 166 valence electrons. The summed E-state index contributed by atoms with van der Waals surface area (Å²) in [5.41, 5.74) is -3.07. The SMILES string of the molecule is COc1ccccc1N1C(=O)C23C(=O)Oc4ccccc4C2C3(C)C1(O)c1ccc(Cl)cc1. The van der Waals surface area contributed by atoms with Gasteiger partial charge in [0, 0.05) is 22.1 Å². The van der Waals surface area contributed by atoms with Crippen LogP contribution in [0.2, 0.25) is 5.02 Å². The monoisotopic (exact) mass is 461 g/mol. The second kappa shape index (κ2) is 6.37. The number of fused-ring (bicyclic) bond motifs is 3. The van der Waals surface area contributed by atoms with Crippen LogP contribution in [0.25, 0.3) is 0 Å². The standard InChI is InChI=1S/C26H20ClNO5/c1-24-21-17-7-3-5-9-19(17)33-23(30)25(21,24)22(29)28(18-8-4-6-10-20(18)32-2)26(24,31)15-11-13-16(27)14-12-15/h3-14,21,31H,1-2H3. The van der Waals surface area contributed by atoms with Crippen LogP contribution in [-0.4, -0.2) is 24.1 Å². The van der Waals surface area contributed by atoms with E-state index in [2.05, 4.69) is 0 Å². The number of hydrogen-bond donors (Lipinski definition) is 1. The summed E-state index contributed by atoms with van der Waals surface area (Å²) in [5.74, 6) is -0.883. The highest BCUT2D eigenvalue weighted by Crippen LogP contribution is 2.87. The Balaban J connectivity index is 1.66. The third-order valence-corrected chi connectivity index (χ3v) is 7.91. The number of piperidine rings is 1. The average Bonchev–Trinajstić information content (AvgIpc) is 3.39. The van der Waals surface area contributed by atoms with Gasteiger partial charge in [-0.3, -0.25) is 14.5 Å². The minimum absolute atomic E-state index is 0.371. The third-order valence-electron chi connectivity index (χ3n) is 7.66. The van der Waals surface area contributed by atoms with Crippen LogP contribution in [0.3, 0.4) is 0 Å². The van der Waals surface area contributed by atoms with Crippen LogP contribution < -0.4 is 14.4 Å². The van der Waals surface area contributed by atoms with Gasteiger partial charge >= 0.3 is 5.97 Å². The molecule has 0 aromatic heterocycles. The molecule has 1 amide bonds. The first-order valence-electron chi connectivity index (χ1n) is 10.6. The van der Waals surface area contributed by atoms with Gasteiger partial charge < -0.3 is 14.6 Å². The van der Waals surface area contributed by atoms with Gasteiger partial charge in [-0.1, -0.05) is 61.0 Å². The summed E-state index contributed by atoms with van der Waals surface area (Å²) in [6.45, 7) is 1.78. The molecule has 7 heteroatoms. The van der Waals surface area contributed by atoms with Crippen LogP contribution in [0.5, 0.6) is 11.5 Å². The van der Waals surface area contributed by atoms with Crippen molar-refractivity contribution in [2.24, 2.45) is 10.8 Å². The molecule has 1 N–H and O–H groups in total. The zero-order valence-corrected chi connectivity index (χ0v) is 18.7. The molecular formula is C26H20ClNO5. The van der Waals surface area contributed by atoms with Gasteiger partial charge in [-0.15, -0.1) is 0 Å². The normalized spacial score (nSPS) is 31.4. The van der Waals surface area contributed by atoms with E-state index in [1.807, 2.05) is 12.1 Å². The molecule has 3 aromatic rings. The minimum atomic E-state index is -1.87. The quantitative estimate of drug-likeness (QED) is 0.358. The Kier molecular flexibility index (Phi) is 3.91. The number of nitrogens with zero attached hydrogens (tertiary/aromatic N) is 1. The van der Waals surface area contributed by atoms with Crippen molar-refractivity contribution in [3.8, 4) is 11.5 Å². The number of ether oxygens (including phenoxy) is 2. The van der Waals surface area contributed by atoms with Crippen molar-refractivity contribution >= 4 is 29.2 Å². The lowest BCUT2D eigenvalue weighted by Gasteiger charge is -2.42. The highest BCUT2D eigenvalue weighted by atomic mass is 35.5. The number of aliphatic hydroxyl groups is 1. The lowest BCUT2D eigenvalue weighted by atomic mass is 9.82. The molecule has 1 aliphatic carbocycles. The number of halogens is 1. The predicted octanol–water partition coefficient (Wildman–Crippen LogP) is 4.25. The Morgan fingerprint density at radius 2 is 1.67 bits per heavy atom.